The van der Waals surface area contributed by atoms with Crippen LogP contribution in [-0.4, -0.2) is 40.1 Å². The number of ketones is 1. The predicted molar refractivity (Wildman–Crippen MR) is 148 cm³/mol. The molecule has 0 saturated carbocycles. The minimum Gasteiger partial charge on any atom is -0.445 e. The average Bonchev–Trinajstić information content (AvgIpc) is 3.40. The third-order valence-corrected chi connectivity index (χ3v) is 6.61. The molecule has 0 spiro atoms. The smallest absolute Gasteiger partial charge is 0.408 e. The summed E-state index contributed by atoms with van der Waals surface area (Å²) in [5, 5.41) is 13.6. The Bertz CT molecular complexity index is 1210. The Kier molecular flexibility index (Phi) is 10.8. The van der Waals surface area contributed by atoms with Gasteiger partial charge in [0.15, 0.2) is 0 Å². The van der Waals surface area contributed by atoms with Crippen LogP contribution >= 0.6 is 0 Å². The monoisotopic (exact) mass is 534 g/mol. The third-order valence-electron chi connectivity index (χ3n) is 6.61. The van der Waals surface area contributed by atoms with Gasteiger partial charge < -0.3 is 19.8 Å². The molecule has 2 aromatic carbocycles. The Morgan fingerprint density at radius 2 is 1.54 bits per heavy atom. The molecule has 1 heterocycles. The van der Waals surface area contributed by atoms with Gasteiger partial charge in [0.25, 0.3) is 5.91 Å². The van der Waals surface area contributed by atoms with Crippen molar-refractivity contribution in [2.45, 2.75) is 72.1 Å². The molecule has 0 aliphatic heterocycles. The molecule has 9 heteroatoms. The number of Topliss-reactive ketones (excluding diaryl/α,β-unsaturated/α-hetero) is 1. The van der Waals surface area contributed by atoms with Crippen LogP contribution in [0.15, 0.2) is 65.1 Å². The van der Waals surface area contributed by atoms with Gasteiger partial charge in [-0.1, -0.05) is 82.6 Å². The molecule has 0 fully saturated rings. The maximum Gasteiger partial charge on any atom is 0.408 e. The van der Waals surface area contributed by atoms with E-state index in [4.69, 9.17) is 9.15 Å². The molecule has 3 rings (SSSR count). The normalized spacial score (nSPS) is 14.2. The van der Waals surface area contributed by atoms with Crippen molar-refractivity contribution in [2.75, 3.05) is 0 Å². The Labute approximate surface area is 229 Å². The molecule has 0 unspecified atom stereocenters. The van der Waals surface area contributed by atoms with E-state index in [9.17, 15) is 14.4 Å². The van der Waals surface area contributed by atoms with Gasteiger partial charge in [0.1, 0.15) is 12.1 Å². The van der Waals surface area contributed by atoms with Crippen molar-refractivity contribution in [2.24, 2.45) is 11.8 Å². The number of benzene rings is 2. The molecule has 0 aliphatic carbocycles. The number of nitrogens with zero attached hydrogens (tertiary/aromatic N) is 2. The van der Waals surface area contributed by atoms with Crippen molar-refractivity contribution in [1.29, 1.82) is 0 Å². The minimum absolute atomic E-state index is 0.0694. The third kappa shape index (κ3) is 8.49. The lowest BCUT2D eigenvalue weighted by Crippen LogP contribution is -2.51. The van der Waals surface area contributed by atoms with Crippen LogP contribution in [0.25, 0.3) is 11.5 Å². The van der Waals surface area contributed by atoms with Crippen LogP contribution in [0.3, 0.4) is 0 Å². The highest BCUT2D eigenvalue weighted by atomic mass is 16.6. The van der Waals surface area contributed by atoms with Gasteiger partial charge in [-0.3, -0.25) is 9.59 Å². The van der Waals surface area contributed by atoms with Gasteiger partial charge >= 0.3 is 6.09 Å². The Morgan fingerprint density at radius 1 is 0.897 bits per heavy atom. The molecule has 0 radical (unpaired) electrons. The molecule has 4 atom stereocenters. The van der Waals surface area contributed by atoms with Crippen LogP contribution in [0.4, 0.5) is 4.79 Å². The van der Waals surface area contributed by atoms with E-state index in [-0.39, 0.29) is 24.3 Å². The molecule has 3 aromatic rings. The highest BCUT2D eigenvalue weighted by Crippen LogP contribution is 2.20. The number of alkyl carbamates (subject to hydrolysis) is 1. The Hall–Kier alpha value is -4.01. The average molecular weight is 535 g/mol. The van der Waals surface area contributed by atoms with Gasteiger partial charge in [-0.15, -0.1) is 10.2 Å². The molecule has 9 nitrogen and oxygen atoms in total. The van der Waals surface area contributed by atoms with E-state index in [1.165, 1.54) is 0 Å². The first kappa shape index (κ1) is 29.5. The zero-order chi connectivity index (χ0) is 28.4. The second kappa shape index (κ2) is 14.2. The number of hydrogen-bond acceptors (Lipinski definition) is 7. The maximum absolute atomic E-state index is 13.2. The van der Waals surface area contributed by atoms with Crippen LogP contribution in [0.1, 0.15) is 65.0 Å². The second-order valence-corrected chi connectivity index (χ2v) is 10.1. The number of ether oxygens (including phenoxy) is 1. The quantitative estimate of drug-likeness (QED) is 0.286. The lowest BCUT2D eigenvalue weighted by molar-refractivity contribution is -0.140. The van der Waals surface area contributed by atoms with Gasteiger partial charge in [-0.25, -0.2) is 4.79 Å². The predicted octanol–water partition coefficient (Wildman–Crippen LogP) is 5.28. The number of rotatable bonds is 13. The number of carbonyl (C=O) groups is 3. The van der Waals surface area contributed by atoms with Crippen molar-refractivity contribution < 1.29 is 23.5 Å². The van der Waals surface area contributed by atoms with Crippen molar-refractivity contribution in [3.63, 3.8) is 0 Å². The molecule has 0 aliphatic rings. The second-order valence-electron chi connectivity index (χ2n) is 10.1. The first-order valence-electron chi connectivity index (χ1n) is 13.4. The first-order valence-corrected chi connectivity index (χ1v) is 13.4. The molecule has 0 bridgehead atoms. The Balaban J connectivity index is 1.66. The zero-order valence-corrected chi connectivity index (χ0v) is 23.2. The highest BCUT2D eigenvalue weighted by molar-refractivity contribution is 6.38. The summed E-state index contributed by atoms with van der Waals surface area (Å²) in [5.41, 5.74) is 1.67. The van der Waals surface area contributed by atoms with E-state index in [0.29, 0.717) is 18.2 Å². The summed E-state index contributed by atoms with van der Waals surface area (Å²) in [4.78, 5) is 39.0. The molecule has 0 saturated heterocycles. The van der Waals surface area contributed by atoms with Crippen LogP contribution in [0.2, 0.25) is 0 Å². The number of amides is 2. The van der Waals surface area contributed by atoms with Crippen LogP contribution in [0, 0.1) is 11.8 Å². The van der Waals surface area contributed by atoms with E-state index in [0.717, 1.165) is 17.5 Å². The molecule has 39 heavy (non-hydrogen) atoms. The Morgan fingerprint density at radius 3 is 2.15 bits per heavy atom. The lowest BCUT2D eigenvalue weighted by atomic mass is 9.93. The number of nitrogens with one attached hydrogen (secondary N) is 2. The van der Waals surface area contributed by atoms with Gasteiger partial charge in [0.2, 0.25) is 17.6 Å². The van der Waals surface area contributed by atoms with Crippen molar-refractivity contribution >= 4 is 17.8 Å². The fourth-order valence-corrected chi connectivity index (χ4v) is 4.24. The summed E-state index contributed by atoms with van der Waals surface area (Å²) in [6, 6.07) is 17.4. The summed E-state index contributed by atoms with van der Waals surface area (Å²) in [6.07, 6.45) is 0.290. The summed E-state index contributed by atoms with van der Waals surface area (Å²) in [7, 11) is 0. The SMILES string of the molecule is CCC[C@H](C)[C@H](NC(=O)O[C@@H](Cc1nnc(-c2ccccc2)o1)C(C)C)C(=O)C(=O)N[C@H](C)c1ccccc1. The van der Waals surface area contributed by atoms with Gasteiger partial charge in [-0.05, 0) is 42.9 Å². The molecule has 2 amide bonds. The van der Waals surface area contributed by atoms with E-state index in [2.05, 4.69) is 20.8 Å². The number of aromatic nitrogens is 2. The topological polar surface area (TPSA) is 123 Å². The largest absolute Gasteiger partial charge is 0.445 e. The lowest BCUT2D eigenvalue weighted by Gasteiger charge is -2.26. The fraction of sp³-hybridized carbons (Fsp3) is 0.433. The van der Waals surface area contributed by atoms with Gasteiger partial charge in [0.05, 0.1) is 12.5 Å². The number of hydrogen-bond donors (Lipinski definition) is 2. The maximum atomic E-state index is 13.2. The van der Waals surface area contributed by atoms with Crippen LogP contribution in [-0.2, 0) is 20.7 Å². The van der Waals surface area contributed by atoms with Crippen molar-refractivity contribution in [3.8, 4) is 11.5 Å². The molecular weight excluding hydrogens is 496 g/mol. The van der Waals surface area contributed by atoms with E-state index < -0.39 is 29.9 Å². The fourth-order valence-electron chi connectivity index (χ4n) is 4.24. The standard InChI is InChI=1S/C30H38N4O5/c1-6-13-20(4)26(27(35)28(36)31-21(5)22-14-9-7-10-15-22)32-30(37)38-24(19(2)3)18-25-33-34-29(39-25)23-16-11-8-12-17-23/h7-12,14-17,19-21,24,26H,6,13,18H2,1-5H3,(H,31,36)(H,32,37)/t20-,21+,24-,26-/m0/s1. The zero-order valence-electron chi connectivity index (χ0n) is 23.2. The van der Waals surface area contributed by atoms with E-state index in [1.54, 1.807) is 6.92 Å². The summed E-state index contributed by atoms with van der Waals surface area (Å²) >= 11 is 0. The molecule has 1 aromatic heterocycles. The van der Waals surface area contributed by atoms with E-state index >= 15 is 0 Å². The minimum atomic E-state index is -1.03. The van der Waals surface area contributed by atoms with Crippen molar-refractivity contribution in [3.05, 3.63) is 72.1 Å². The highest BCUT2D eigenvalue weighted by Gasteiger charge is 2.33. The van der Waals surface area contributed by atoms with Gasteiger partial charge in [0, 0.05) is 5.56 Å². The summed E-state index contributed by atoms with van der Waals surface area (Å²) in [6.45, 7) is 9.45. The summed E-state index contributed by atoms with van der Waals surface area (Å²) < 4.78 is 11.5. The number of carbonyl (C=O) groups excluding carboxylic acids is 3. The van der Waals surface area contributed by atoms with Crippen molar-refractivity contribution in [1.82, 2.24) is 20.8 Å². The van der Waals surface area contributed by atoms with Gasteiger partial charge in [-0.2, -0.15) is 0 Å². The van der Waals surface area contributed by atoms with Crippen LogP contribution < -0.4 is 10.6 Å². The molecule has 208 valence electrons. The summed E-state index contributed by atoms with van der Waals surface area (Å²) in [5.74, 6) is -1.08. The first-order chi connectivity index (χ1) is 18.7. The molecular formula is C30H38N4O5. The van der Waals surface area contributed by atoms with Crippen LogP contribution in [0.5, 0.6) is 0 Å². The van der Waals surface area contributed by atoms with E-state index in [1.807, 2.05) is 88.4 Å². The molecule has 2 N–H and O–H groups in total.